The molecule has 0 aromatic heterocycles. The van der Waals surface area contributed by atoms with E-state index in [0.29, 0.717) is 19.5 Å². The molecule has 6 heteroatoms. The molecule has 218 valence electrons. The summed E-state index contributed by atoms with van der Waals surface area (Å²) in [5.41, 5.74) is 0. The van der Waals surface area contributed by atoms with E-state index in [1.807, 2.05) is 4.90 Å². The fourth-order valence-corrected chi connectivity index (χ4v) is 4.70. The molecule has 37 heavy (non-hydrogen) atoms. The van der Waals surface area contributed by atoms with Gasteiger partial charge in [0.05, 0.1) is 0 Å². The lowest BCUT2D eigenvalue weighted by atomic mass is 10.0. The van der Waals surface area contributed by atoms with Crippen LogP contribution >= 0.6 is 0 Å². The van der Waals surface area contributed by atoms with E-state index >= 15 is 0 Å². The van der Waals surface area contributed by atoms with Crippen molar-refractivity contribution in [2.45, 2.75) is 168 Å². The van der Waals surface area contributed by atoms with Crippen LogP contribution in [0.5, 0.6) is 0 Å². The highest BCUT2D eigenvalue weighted by molar-refractivity contribution is 5.88. The molecule has 0 radical (unpaired) electrons. The third kappa shape index (κ3) is 22.1. The van der Waals surface area contributed by atoms with Gasteiger partial charge in [-0.3, -0.25) is 14.4 Å². The second kappa shape index (κ2) is 26.0. The topological polar surface area (TPSA) is 86.7 Å². The normalized spacial score (nSPS) is 11.9. The number of aliphatic carboxylic acids is 1. The fraction of sp³-hybridized carbons (Fsp3) is 0.903. The van der Waals surface area contributed by atoms with Crippen LogP contribution < -0.4 is 5.32 Å². The number of amides is 2. The predicted molar refractivity (Wildman–Crippen MR) is 155 cm³/mol. The van der Waals surface area contributed by atoms with Crippen LogP contribution in [-0.4, -0.2) is 46.9 Å². The van der Waals surface area contributed by atoms with Crippen LogP contribution in [0.4, 0.5) is 0 Å². The maximum absolute atomic E-state index is 13.1. The van der Waals surface area contributed by atoms with Crippen molar-refractivity contribution >= 4 is 17.8 Å². The number of hydrogen-bond donors (Lipinski definition) is 2. The smallest absolute Gasteiger partial charge is 0.303 e. The third-order valence-corrected chi connectivity index (χ3v) is 7.16. The van der Waals surface area contributed by atoms with Crippen molar-refractivity contribution in [3.63, 3.8) is 0 Å². The van der Waals surface area contributed by atoms with Crippen molar-refractivity contribution in [3.05, 3.63) is 0 Å². The maximum Gasteiger partial charge on any atom is 0.303 e. The van der Waals surface area contributed by atoms with Gasteiger partial charge in [0.2, 0.25) is 11.8 Å². The molecule has 2 amide bonds. The number of nitrogens with zero attached hydrogens (tertiary/aromatic N) is 1. The first-order valence-electron chi connectivity index (χ1n) is 15.8. The molecule has 0 aromatic carbocycles. The first-order valence-corrected chi connectivity index (χ1v) is 15.8. The van der Waals surface area contributed by atoms with Gasteiger partial charge in [-0.05, 0) is 25.7 Å². The van der Waals surface area contributed by atoms with E-state index < -0.39 is 12.0 Å². The summed E-state index contributed by atoms with van der Waals surface area (Å²) in [5.74, 6) is -1.21. The Bertz CT molecular complexity index is 559. The number of carbonyl (C=O) groups excluding carboxylic acids is 2. The standard InChI is InChI=1S/C31H60N2O4/c1-4-7-10-11-12-13-14-15-16-17-18-19-20-21-22-23-29(34)32-28(24-25-30(35)36)31(37)33(26-8-5-2)27-9-6-3/h28H,4-27H2,1-3H3,(H,32,34)(H,35,36)/t28-/m0/s1. The van der Waals surface area contributed by atoms with Crippen molar-refractivity contribution in [1.82, 2.24) is 10.2 Å². The first-order chi connectivity index (χ1) is 18.0. The molecule has 0 aromatic rings. The Balaban J connectivity index is 4.12. The lowest BCUT2D eigenvalue weighted by Gasteiger charge is -2.28. The van der Waals surface area contributed by atoms with Crippen molar-refractivity contribution in [2.75, 3.05) is 13.1 Å². The molecule has 0 rings (SSSR count). The number of nitrogens with one attached hydrogen (secondary N) is 1. The molecule has 0 bridgehead atoms. The van der Waals surface area contributed by atoms with Gasteiger partial charge in [0.1, 0.15) is 6.04 Å². The fourth-order valence-electron chi connectivity index (χ4n) is 4.70. The molecule has 0 aliphatic rings. The summed E-state index contributed by atoms with van der Waals surface area (Å²) in [6, 6.07) is -0.742. The van der Waals surface area contributed by atoms with Gasteiger partial charge < -0.3 is 15.3 Å². The highest BCUT2D eigenvalue weighted by atomic mass is 16.4. The van der Waals surface area contributed by atoms with Gasteiger partial charge in [-0.25, -0.2) is 0 Å². The zero-order valence-electron chi connectivity index (χ0n) is 24.7. The van der Waals surface area contributed by atoms with E-state index in [1.165, 1.54) is 77.0 Å². The summed E-state index contributed by atoms with van der Waals surface area (Å²) in [6.45, 7) is 7.76. The van der Waals surface area contributed by atoms with Crippen LogP contribution in [0.25, 0.3) is 0 Å². The Morgan fingerprint density at radius 2 is 1.00 bits per heavy atom. The van der Waals surface area contributed by atoms with E-state index in [-0.39, 0.29) is 24.7 Å². The zero-order chi connectivity index (χ0) is 27.6. The van der Waals surface area contributed by atoms with Gasteiger partial charge in [0, 0.05) is 25.9 Å². The highest BCUT2D eigenvalue weighted by Crippen LogP contribution is 2.14. The average Bonchev–Trinajstić information content (AvgIpc) is 2.88. The van der Waals surface area contributed by atoms with Crippen LogP contribution in [-0.2, 0) is 14.4 Å². The molecule has 1 atom stereocenters. The summed E-state index contributed by atoms with van der Waals surface area (Å²) in [5, 5.41) is 12.0. The summed E-state index contributed by atoms with van der Waals surface area (Å²) in [4.78, 5) is 38.6. The molecule has 2 N–H and O–H groups in total. The van der Waals surface area contributed by atoms with Crippen LogP contribution in [0.3, 0.4) is 0 Å². The molecular formula is C31H60N2O4. The van der Waals surface area contributed by atoms with E-state index in [4.69, 9.17) is 5.11 Å². The number of hydrogen-bond acceptors (Lipinski definition) is 3. The molecule has 0 aliphatic heterocycles. The van der Waals surface area contributed by atoms with Gasteiger partial charge in [0.15, 0.2) is 0 Å². The number of carboxylic acids is 1. The Labute approximate surface area is 228 Å². The molecule has 6 nitrogen and oxygen atoms in total. The number of carboxylic acid groups (broad SMARTS) is 1. The van der Waals surface area contributed by atoms with E-state index in [0.717, 1.165) is 44.9 Å². The molecule has 0 saturated heterocycles. The lowest BCUT2D eigenvalue weighted by Crippen LogP contribution is -2.49. The Hall–Kier alpha value is -1.59. The summed E-state index contributed by atoms with van der Waals surface area (Å²) >= 11 is 0. The van der Waals surface area contributed by atoms with Crippen molar-refractivity contribution < 1.29 is 19.5 Å². The molecule has 0 fully saturated rings. The zero-order valence-corrected chi connectivity index (χ0v) is 24.7. The molecule has 0 aliphatic carbocycles. The van der Waals surface area contributed by atoms with Crippen molar-refractivity contribution in [2.24, 2.45) is 0 Å². The summed E-state index contributed by atoms with van der Waals surface area (Å²) in [6.07, 6.45) is 23.4. The maximum atomic E-state index is 13.1. The minimum atomic E-state index is -0.942. The number of rotatable bonds is 27. The van der Waals surface area contributed by atoms with Crippen LogP contribution in [0.1, 0.15) is 162 Å². The predicted octanol–water partition coefficient (Wildman–Crippen LogP) is 8.03. The van der Waals surface area contributed by atoms with Crippen LogP contribution in [0.15, 0.2) is 0 Å². The monoisotopic (exact) mass is 524 g/mol. The Kier molecular flexibility index (Phi) is 24.9. The molecular weight excluding hydrogens is 464 g/mol. The number of unbranched alkanes of at least 4 members (excludes halogenated alkanes) is 16. The Morgan fingerprint density at radius 1 is 0.595 bits per heavy atom. The van der Waals surface area contributed by atoms with Crippen molar-refractivity contribution in [1.29, 1.82) is 0 Å². The molecule has 0 unspecified atom stereocenters. The highest BCUT2D eigenvalue weighted by Gasteiger charge is 2.26. The lowest BCUT2D eigenvalue weighted by molar-refractivity contribution is -0.139. The average molecular weight is 525 g/mol. The van der Waals surface area contributed by atoms with Gasteiger partial charge in [0.25, 0.3) is 0 Å². The third-order valence-electron chi connectivity index (χ3n) is 7.16. The number of carbonyl (C=O) groups is 3. The van der Waals surface area contributed by atoms with Gasteiger partial charge in [-0.15, -0.1) is 0 Å². The van der Waals surface area contributed by atoms with E-state index in [9.17, 15) is 14.4 Å². The van der Waals surface area contributed by atoms with Crippen LogP contribution in [0.2, 0.25) is 0 Å². The first kappa shape index (κ1) is 35.4. The Morgan fingerprint density at radius 3 is 1.41 bits per heavy atom. The summed E-state index contributed by atoms with van der Waals surface area (Å²) in [7, 11) is 0. The minimum absolute atomic E-state index is 0.120. The van der Waals surface area contributed by atoms with Gasteiger partial charge >= 0.3 is 5.97 Å². The van der Waals surface area contributed by atoms with E-state index in [2.05, 4.69) is 26.1 Å². The van der Waals surface area contributed by atoms with Crippen molar-refractivity contribution in [3.8, 4) is 0 Å². The second-order valence-electron chi connectivity index (χ2n) is 10.8. The molecule has 0 heterocycles. The second-order valence-corrected chi connectivity index (χ2v) is 10.8. The SMILES string of the molecule is CCCCCCCCCCCCCCCCCC(=O)N[C@@H](CCC(=O)O)C(=O)N(CCCC)CCCC. The van der Waals surface area contributed by atoms with Gasteiger partial charge in [-0.1, -0.05) is 124 Å². The largest absolute Gasteiger partial charge is 0.481 e. The van der Waals surface area contributed by atoms with Crippen LogP contribution in [0, 0.1) is 0 Å². The van der Waals surface area contributed by atoms with E-state index in [1.54, 1.807) is 0 Å². The minimum Gasteiger partial charge on any atom is -0.481 e. The van der Waals surface area contributed by atoms with Gasteiger partial charge in [-0.2, -0.15) is 0 Å². The molecule has 0 saturated carbocycles. The summed E-state index contributed by atoms with van der Waals surface area (Å²) < 4.78 is 0. The molecule has 0 spiro atoms. The quantitative estimate of drug-likeness (QED) is 0.106.